The van der Waals surface area contributed by atoms with Gasteiger partial charge in [0.25, 0.3) is 5.69 Å². The maximum absolute atomic E-state index is 12.5. The number of hydrogen-bond acceptors (Lipinski definition) is 5. The van der Waals surface area contributed by atoms with Crippen molar-refractivity contribution in [3.63, 3.8) is 0 Å². The molecular formula is C20H26N4O3S. The molecule has 0 aliphatic heterocycles. The van der Waals surface area contributed by atoms with Gasteiger partial charge in [-0.15, -0.1) is 0 Å². The summed E-state index contributed by atoms with van der Waals surface area (Å²) >= 11 is 1.43. The lowest BCUT2D eigenvalue weighted by molar-refractivity contribution is -0.384. The van der Waals surface area contributed by atoms with Crippen molar-refractivity contribution in [1.29, 1.82) is 0 Å². The average Bonchev–Trinajstić information content (AvgIpc) is 2.96. The topological polar surface area (TPSA) is 90.1 Å². The van der Waals surface area contributed by atoms with Gasteiger partial charge in [0.05, 0.1) is 22.1 Å². The van der Waals surface area contributed by atoms with Crippen molar-refractivity contribution >= 4 is 29.0 Å². The van der Waals surface area contributed by atoms with Gasteiger partial charge in [-0.2, -0.15) is 0 Å². The predicted octanol–water partition coefficient (Wildman–Crippen LogP) is 4.95. The van der Waals surface area contributed by atoms with Gasteiger partial charge in [0.2, 0.25) is 5.91 Å². The standard InChI is InChI=1S/C20H26N4O3S/c1-13-9-10-17(24(26)27)11-18(13)22-19(25)12-28-20-21-14(2)15(3)23(20)16-7-5-4-6-8-16/h9-11,16H,4-8,12H2,1-3H3,(H,22,25). The van der Waals surface area contributed by atoms with E-state index in [1.807, 2.05) is 13.8 Å². The van der Waals surface area contributed by atoms with Crippen LogP contribution >= 0.6 is 11.8 Å². The lowest BCUT2D eigenvalue weighted by Crippen LogP contribution is -2.18. The molecule has 1 heterocycles. The number of nitro groups is 1. The third-order valence-corrected chi connectivity index (χ3v) is 6.29. The van der Waals surface area contributed by atoms with Crippen LogP contribution in [-0.4, -0.2) is 26.1 Å². The highest BCUT2D eigenvalue weighted by atomic mass is 32.2. The Bertz CT molecular complexity index is 888. The number of aryl methyl sites for hydroxylation is 2. The Morgan fingerprint density at radius 2 is 2.00 bits per heavy atom. The smallest absolute Gasteiger partial charge is 0.271 e. The van der Waals surface area contributed by atoms with Crippen LogP contribution in [0.4, 0.5) is 11.4 Å². The Morgan fingerprint density at radius 3 is 2.68 bits per heavy atom. The molecule has 8 heteroatoms. The number of nitrogens with zero attached hydrogens (tertiary/aromatic N) is 3. The first-order valence-corrected chi connectivity index (χ1v) is 10.6. The lowest BCUT2D eigenvalue weighted by Gasteiger charge is -2.26. The van der Waals surface area contributed by atoms with Gasteiger partial charge < -0.3 is 9.88 Å². The minimum atomic E-state index is -0.462. The number of non-ortho nitro benzene ring substituents is 1. The summed E-state index contributed by atoms with van der Waals surface area (Å²) in [5.74, 6) is 0.0205. The number of amides is 1. The summed E-state index contributed by atoms with van der Waals surface area (Å²) in [6, 6.07) is 4.93. The first-order chi connectivity index (χ1) is 13.4. The first-order valence-electron chi connectivity index (χ1n) is 9.60. The molecule has 1 aromatic carbocycles. The number of imidazole rings is 1. The number of aromatic nitrogens is 2. The Kier molecular flexibility index (Phi) is 6.39. The number of rotatable bonds is 6. The summed E-state index contributed by atoms with van der Waals surface area (Å²) in [5, 5.41) is 14.6. The molecule has 1 aliphatic carbocycles. The molecule has 3 rings (SSSR count). The number of thioether (sulfide) groups is 1. The lowest BCUT2D eigenvalue weighted by atomic mass is 9.95. The summed E-state index contributed by atoms with van der Waals surface area (Å²) in [6.45, 7) is 5.91. The normalized spacial score (nSPS) is 14.8. The van der Waals surface area contributed by atoms with Gasteiger partial charge >= 0.3 is 0 Å². The Hall–Kier alpha value is -2.35. The zero-order valence-electron chi connectivity index (χ0n) is 16.5. The SMILES string of the molecule is Cc1ccc([N+](=O)[O-])cc1NC(=O)CSc1nc(C)c(C)n1C1CCCCC1. The van der Waals surface area contributed by atoms with Crippen molar-refractivity contribution in [2.45, 2.75) is 64.1 Å². The number of anilines is 1. The zero-order chi connectivity index (χ0) is 20.3. The number of carbonyl (C=O) groups excluding carboxylic acids is 1. The number of carbonyl (C=O) groups is 1. The molecule has 1 aliphatic rings. The first kappa shape index (κ1) is 20.4. The highest BCUT2D eigenvalue weighted by Gasteiger charge is 2.22. The second kappa shape index (κ2) is 8.77. The third kappa shape index (κ3) is 4.55. The summed E-state index contributed by atoms with van der Waals surface area (Å²) in [4.78, 5) is 27.6. The van der Waals surface area contributed by atoms with E-state index in [1.165, 1.54) is 48.9 Å². The zero-order valence-corrected chi connectivity index (χ0v) is 17.3. The number of benzene rings is 1. The molecule has 1 saturated carbocycles. The predicted molar refractivity (Wildman–Crippen MR) is 111 cm³/mol. The van der Waals surface area contributed by atoms with Crippen molar-refractivity contribution in [3.8, 4) is 0 Å². The molecule has 1 N–H and O–H groups in total. The molecule has 0 spiro atoms. The van der Waals surface area contributed by atoms with Crippen molar-refractivity contribution in [1.82, 2.24) is 9.55 Å². The van der Waals surface area contributed by atoms with E-state index in [9.17, 15) is 14.9 Å². The molecule has 7 nitrogen and oxygen atoms in total. The minimum absolute atomic E-state index is 0.0346. The van der Waals surface area contributed by atoms with Crippen molar-refractivity contribution in [2.24, 2.45) is 0 Å². The minimum Gasteiger partial charge on any atom is -0.325 e. The van der Waals surface area contributed by atoms with Crippen LogP contribution in [0.3, 0.4) is 0 Å². The van der Waals surface area contributed by atoms with E-state index in [-0.39, 0.29) is 17.3 Å². The van der Waals surface area contributed by atoms with E-state index in [0.29, 0.717) is 11.7 Å². The van der Waals surface area contributed by atoms with E-state index in [4.69, 9.17) is 0 Å². The maximum Gasteiger partial charge on any atom is 0.271 e. The summed E-state index contributed by atoms with van der Waals surface area (Å²) in [5.41, 5.74) is 3.40. The molecule has 0 radical (unpaired) electrons. The van der Waals surface area contributed by atoms with Crippen LogP contribution in [0.1, 0.15) is 55.1 Å². The second-order valence-corrected chi connectivity index (χ2v) is 8.26. The second-order valence-electron chi connectivity index (χ2n) is 7.32. The molecule has 0 saturated heterocycles. The molecule has 0 atom stereocenters. The highest BCUT2D eigenvalue weighted by molar-refractivity contribution is 7.99. The van der Waals surface area contributed by atoms with Crippen LogP contribution < -0.4 is 5.32 Å². The van der Waals surface area contributed by atoms with Crippen LogP contribution in [-0.2, 0) is 4.79 Å². The van der Waals surface area contributed by atoms with E-state index in [1.54, 1.807) is 6.07 Å². The number of nitrogens with one attached hydrogen (secondary N) is 1. The highest BCUT2D eigenvalue weighted by Crippen LogP contribution is 2.34. The van der Waals surface area contributed by atoms with E-state index in [2.05, 4.69) is 21.8 Å². The van der Waals surface area contributed by atoms with Crippen LogP contribution in [0.2, 0.25) is 0 Å². The molecule has 1 amide bonds. The van der Waals surface area contributed by atoms with Gasteiger partial charge in [-0.25, -0.2) is 4.98 Å². The van der Waals surface area contributed by atoms with Crippen molar-refractivity contribution in [3.05, 3.63) is 45.3 Å². The van der Waals surface area contributed by atoms with Gasteiger partial charge in [-0.1, -0.05) is 37.1 Å². The van der Waals surface area contributed by atoms with E-state index in [0.717, 1.165) is 29.3 Å². The molecule has 1 fully saturated rings. The van der Waals surface area contributed by atoms with Crippen molar-refractivity contribution in [2.75, 3.05) is 11.1 Å². The fourth-order valence-corrected chi connectivity index (χ4v) is 4.60. The monoisotopic (exact) mass is 402 g/mol. The van der Waals surface area contributed by atoms with E-state index >= 15 is 0 Å². The third-order valence-electron chi connectivity index (χ3n) is 5.33. The molecular weight excluding hydrogens is 376 g/mol. The Morgan fingerprint density at radius 1 is 1.29 bits per heavy atom. The molecule has 1 aromatic heterocycles. The van der Waals surface area contributed by atoms with Crippen LogP contribution in [0.5, 0.6) is 0 Å². The molecule has 0 unspecified atom stereocenters. The summed E-state index contributed by atoms with van der Waals surface area (Å²) in [6.07, 6.45) is 6.07. The molecule has 2 aromatic rings. The van der Waals surface area contributed by atoms with Gasteiger partial charge in [0, 0.05) is 23.9 Å². The van der Waals surface area contributed by atoms with E-state index < -0.39 is 4.92 Å². The fraction of sp³-hybridized carbons (Fsp3) is 0.500. The molecule has 150 valence electrons. The van der Waals surface area contributed by atoms with Crippen LogP contribution in [0.15, 0.2) is 23.4 Å². The quantitative estimate of drug-likeness (QED) is 0.419. The largest absolute Gasteiger partial charge is 0.325 e. The van der Waals surface area contributed by atoms with Crippen LogP contribution in [0, 0.1) is 30.9 Å². The Labute approximate surface area is 169 Å². The maximum atomic E-state index is 12.5. The van der Waals surface area contributed by atoms with Gasteiger partial charge in [-0.05, 0) is 39.2 Å². The summed E-state index contributed by atoms with van der Waals surface area (Å²) in [7, 11) is 0. The average molecular weight is 403 g/mol. The molecule has 28 heavy (non-hydrogen) atoms. The van der Waals surface area contributed by atoms with Crippen LogP contribution in [0.25, 0.3) is 0 Å². The molecule has 0 bridgehead atoms. The van der Waals surface area contributed by atoms with Gasteiger partial charge in [0.1, 0.15) is 0 Å². The van der Waals surface area contributed by atoms with Gasteiger partial charge in [0.15, 0.2) is 5.16 Å². The van der Waals surface area contributed by atoms with Crippen molar-refractivity contribution < 1.29 is 9.72 Å². The van der Waals surface area contributed by atoms with Gasteiger partial charge in [-0.3, -0.25) is 14.9 Å². The number of nitro benzene ring substituents is 1. The fourth-order valence-electron chi connectivity index (χ4n) is 3.64. The number of hydrogen-bond donors (Lipinski definition) is 1. The Balaban J connectivity index is 1.69. The summed E-state index contributed by atoms with van der Waals surface area (Å²) < 4.78 is 2.30.